The van der Waals surface area contributed by atoms with Crippen molar-refractivity contribution in [3.63, 3.8) is 0 Å². The maximum atomic E-state index is 12.6. The highest BCUT2D eigenvalue weighted by Crippen LogP contribution is 2.29. The number of carbonyl (C=O) groups is 3. The van der Waals surface area contributed by atoms with E-state index in [1.165, 1.54) is 30.5 Å². The Morgan fingerprint density at radius 3 is 2.06 bits per heavy atom. The van der Waals surface area contributed by atoms with Gasteiger partial charge in [-0.05, 0) is 78.4 Å². The van der Waals surface area contributed by atoms with Crippen LogP contribution < -0.4 is 15.5 Å². The van der Waals surface area contributed by atoms with E-state index in [1.807, 2.05) is 5.43 Å². The predicted octanol–water partition coefficient (Wildman–Crippen LogP) is 4.67. The molecule has 2 amide bonds. The minimum atomic E-state index is -4.51. The quantitative estimate of drug-likeness (QED) is 0.179. The topological polar surface area (TPSA) is 96.9 Å². The van der Waals surface area contributed by atoms with Crippen molar-refractivity contribution in [3.05, 3.63) is 94.5 Å². The molecule has 11 heteroatoms. The molecule has 0 unspecified atom stereocenters. The van der Waals surface area contributed by atoms with E-state index < -0.39 is 29.5 Å². The Labute approximate surface area is 196 Å². The van der Waals surface area contributed by atoms with Gasteiger partial charge in [-0.2, -0.15) is 18.3 Å². The second-order valence-corrected chi connectivity index (χ2v) is 7.13. The first-order chi connectivity index (χ1) is 16.1. The van der Waals surface area contributed by atoms with Crippen LogP contribution in [0.2, 0.25) is 5.02 Å². The third-order valence-corrected chi connectivity index (χ3v) is 4.48. The summed E-state index contributed by atoms with van der Waals surface area (Å²) in [6, 6.07) is 15.9. The van der Waals surface area contributed by atoms with E-state index in [1.54, 1.807) is 24.3 Å². The number of nitrogens with one attached hydrogen (secondary N) is 2. The summed E-state index contributed by atoms with van der Waals surface area (Å²) in [5.41, 5.74) is 1.98. The Balaban J connectivity index is 1.49. The molecule has 2 N–H and O–H groups in total. The molecule has 0 atom stereocenters. The molecule has 0 fully saturated rings. The smallest absolute Gasteiger partial charge is 0.416 e. The third kappa shape index (κ3) is 6.91. The minimum absolute atomic E-state index is 0.0147. The number of amides is 2. The van der Waals surface area contributed by atoms with E-state index in [2.05, 4.69) is 10.4 Å². The van der Waals surface area contributed by atoms with Crippen molar-refractivity contribution in [2.75, 3.05) is 5.32 Å². The van der Waals surface area contributed by atoms with Gasteiger partial charge in [0.1, 0.15) is 5.75 Å². The Bertz CT molecular complexity index is 1210. The molecule has 0 aromatic heterocycles. The van der Waals surface area contributed by atoms with Gasteiger partial charge >= 0.3 is 24.0 Å². The van der Waals surface area contributed by atoms with Crippen LogP contribution in [0.4, 0.5) is 18.9 Å². The summed E-state index contributed by atoms with van der Waals surface area (Å²) in [5.74, 6) is -2.52. The molecule has 174 valence electrons. The number of rotatable bonds is 5. The summed E-state index contributed by atoms with van der Waals surface area (Å²) >= 11 is 5.78. The van der Waals surface area contributed by atoms with Gasteiger partial charge in [0.2, 0.25) is 0 Å². The van der Waals surface area contributed by atoms with Crippen LogP contribution >= 0.6 is 11.6 Å². The Hall–Kier alpha value is -4.18. The molecule has 0 radical (unpaired) electrons. The van der Waals surface area contributed by atoms with Gasteiger partial charge in [-0.25, -0.2) is 10.2 Å². The molecule has 3 aromatic carbocycles. The fourth-order valence-corrected chi connectivity index (χ4v) is 2.65. The molecule has 0 aliphatic carbocycles. The number of benzene rings is 3. The first-order valence-corrected chi connectivity index (χ1v) is 9.89. The molecule has 0 heterocycles. The molecule has 0 saturated carbocycles. The number of esters is 1. The fourth-order valence-electron chi connectivity index (χ4n) is 2.52. The van der Waals surface area contributed by atoms with Gasteiger partial charge in [-0.15, -0.1) is 0 Å². The SMILES string of the molecule is O=C(N/N=C/c1ccc(OC(=O)c2ccc(Cl)cc2)cc1)C(=O)Nc1ccc(C(F)(F)F)cc1. The average Bonchev–Trinajstić information content (AvgIpc) is 2.80. The van der Waals surface area contributed by atoms with E-state index in [4.69, 9.17) is 16.3 Å². The highest BCUT2D eigenvalue weighted by Gasteiger charge is 2.30. The van der Waals surface area contributed by atoms with Crippen LogP contribution in [0.5, 0.6) is 5.75 Å². The van der Waals surface area contributed by atoms with Crippen LogP contribution in [0.1, 0.15) is 21.5 Å². The van der Waals surface area contributed by atoms with Crippen LogP contribution in [-0.4, -0.2) is 24.0 Å². The number of ether oxygens (including phenoxy) is 1. The second-order valence-electron chi connectivity index (χ2n) is 6.69. The standard InChI is InChI=1S/C23H15ClF3N3O4/c24-17-7-3-15(4-8-17)22(33)34-19-11-1-14(2-12-19)13-28-30-21(32)20(31)29-18-9-5-16(6-10-18)23(25,26)27/h1-13H,(H,29,31)(H,30,32)/b28-13+. The zero-order valence-electron chi connectivity index (χ0n) is 17.1. The van der Waals surface area contributed by atoms with E-state index in [0.29, 0.717) is 16.1 Å². The summed E-state index contributed by atoms with van der Waals surface area (Å²) in [6.07, 6.45) is -3.26. The van der Waals surface area contributed by atoms with E-state index in [9.17, 15) is 27.6 Å². The Morgan fingerprint density at radius 1 is 0.853 bits per heavy atom. The monoisotopic (exact) mass is 489 g/mol. The number of alkyl halides is 3. The molecule has 0 saturated heterocycles. The van der Waals surface area contributed by atoms with Gasteiger partial charge in [-0.1, -0.05) is 11.6 Å². The molecule has 0 spiro atoms. The van der Waals surface area contributed by atoms with Gasteiger partial charge < -0.3 is 10.1 Å². The van der Waals surface area contributed by atoms with Crippen molar-refractivity contribution in [3.8, 4) is 5.75 Å². The fraction of sp³-hybridized carbons (Fsp3) is 0.0435. The van der Waals surface area contributed by atoms with E-state index >= 15 is 0 Å². The molecule has 34 heavy (non-hydrogen) atoms. The highest BCUT2D eigenvalue weighted by molar-refractivity contribution is 6.39. The molecule has 7 nitrogen and oxygen atoms in total. The van der Waals surface area contributed by atoms with Crippen LogP contribution in [0, 0.1) is 0 Å². The molecule has 3 rings (SSSR count). The lowest BCUT2D eigenvalue weighted by molar-refractivity contribution is -0.137. The lowest BCUT2D eigenvalue weighted by Gasteiger charge is -2.08. The number of hydrazone groups is 1. The van der Waals surface area contributed by atoms with Gasteiger partial charge in [0.15, 0.2) is 0 Å². The van der Waals surface area contributed by atoms with Crippen molar-refractivity contribution in [2.45, 2.75) is 6.18 Å². The molecule has 3 aromatic rings. The summed E-state index contributed by atoms with van der Waals surface area (Å²) in [5, 5.41) is 6.30. The van der Waals surface area contributed by atoms with Crippen molar-refractivity contribution >= 4 is 41.3 Å². The molecular formula is C23H15ClF3N3O4. The summed E-state index contributed by atoms with van der Waals surface area (Å²) in [7, 11) is 0. The molecule has 0 aliphatic heterocycles. The molecule has 0 aliphatic rings. The predicted molar refractivity (Wildman–Crippen MR) is 119 cm³/mol. The maximum Gasteiger partial charge on any atom is 0.416 e. The van der Waals surface area contributed by atoms with Crippen LogP contribution in [-0.2, 0) is 15.8 Å². The van der Waals surface area contributed by atoms with Crippen LogP contribution in [0.15, 0.2) is 77.9 Å². The van der Waals surface area contributed by atoms with E-state index in [0.717, 1.165) is 24.3 Å². The maximum absolute atomic E-state index is 12.6. The Morgan fingerprint density at radius 2 is 1.47 bits per heavy atom. The average molecular weight is 490 g/mol. The largest absolute Gasteiger partial charge is 0.423 e. The summed E-state index contributed by atoms with van der Waals surface area (Å²) < 4.78 is 42.9. The summed E-state index contributed by atoms with van der Waals surface area (Å²) in [6.45, 7) is 0. The van der Waals surface area contributed by atoms with Crippen molar-refractivity contribution in [2.24, 2.45) is 5.10 Å². The number of hydrogen-bond acceptors (Lipinski definition) is 5. The second kappa shape index (κ2) is 10.6. The first-order valence-electron chi connectivity index (χ1n) is 9.51. The number of hydrogen-bond donors (Lipinski definition) is 2. The first kappa shape index (κ1) is 24.5. The number of nitrogens with zero attached hydrogens (tertiary/aromatic N) is 1. The van der Waals surface area contributed by atoms with Gasteiger partial charge in [-0.3, -0.25) is 9.59 Å². The normalized spacial score (nSPS) is 11.2. The number of halogens is 4. The molecular weight excluding hydrogens is 475 g/mol. The van der Waals surface area contributed by atoms with E-state index in [-0.39, 0.29) is 11.4 Å². The van der Waals surface area contributed by atoms with Crippen LogP contribution in [0.25, 0.3) is 0 Å². The molecule has 0 bridgehead atoms. The summed E-state index contributed by atoms with van der Waals surface area (Å²) in [4.78, 5) is 35.7. The number of carbonyl (C=O) groups excluding carboxylic acids is 3. The van der Waals surface area contributed by atoms with Crippen molar-refractivity contribution in [1.29, 1.82) is 0 Å². The van der Waals surface area contributed by atoms with Crippen molar-refractivity contribution in [1.82, 2.24) is 5.43 Å². The van der Waals surface area contributed by atoms with Crippen molar-refractivity contribution < 1.29 is 32.3 Å². The van der Waals surface area contributed by atoms with Gasteiger partial charge in [0, 0.05) is 10.7 Å². The van der Waals surface area contributed by atoms with Gasteiger partial charge in [0.05, 0.1) is 17.3 Å². The zero-order valence-corrected chi connectivity index (χ0v) is 17.9. The minimum Gasteiger partial charge on any atom is -0.423 e. The lowest BCUT2D eigenvalue weighted by Crippen LogP contribution is -2.32. The van der Waals surface area contributed by atoms with Crippen LogP contribution in [0.3, 0.4) is 0 Å². The number of anilines is 1. The Kier molecular flexibility index (Phi) is 7.64. The zero-order chi connectivity index (χ0) is 24.7. The third-order valence-electron chi connectivity index (χ3n) is 4.23. The van der Waals surface area contributed by atoms with Gasteiger partial charge in [0.25, 0.3) is 0 Å². The lowest BCUT2D eigenvalue weighted by atomic mass is 10.2. The highest BCUT2D eigenvalue weighted by atomic mass is 35.5.